The fourth-order valence-corrected chi connectivity index (χ4v) is 12.1. The number of hydrogen-bond acceptors (Lipinski definition) is 11. The Hall–Kier alpha value is -10.7. The van der Waals surface area contributed by atoms with Gasteiger partial charge < -0.3 is 9.31 Å². The summed E-state index contributed by atoms with van der Waals surface area (Å²) in [4.78, 5) is 23.4. The Morgan fingerprint density at radius 3 is 1.35 bits per heavy atom. The predicted octanol–water partition coefficient (Wildman–Crippen LogP) is 15.9. The number of fused-ring (bicyclic) bond motifs is 4. The molecule has 0 unspecified atom stereocenters. The van der Waals surface area contributed by atoms with Crippen LogP contribution in [0.4, 0.5) is 17.6 Å². The molecule has 4 aromatic carbocycles. The number of Topliss-reactive ketones (excluding diaryl/α,β-unsaturated/α-hetero) is 2. The van der Waals surface area contributed by atoms with Crippen LogP contribution in [0.25, 0.3) is 88.8 Å². The molecule has 0 spiro atoms. The number of benzene rings is 4. The molecule has 1 aliphatic heterocycles. The number of halogens is 6. The number of aromatic nitrogens is 14. The van der Waals surface area contributed by atoms with E-state index < -0.39 is 41.6 Å². The average molecular weight is 1490 g/mol. The molecule has 0 amide bonds. The van der Waals surface area contributed by atoms with E-state index in [1.807, 2.05) is 179 Å². The minimum absolute atomic E-state index is 0.00125. The molecule has 0 radical (unpaired) electrons. The van der Waals surface area contributed by atoms with Crippen LogP contribution in [-0.4, -0.2) is 97.7 Å². The second kappa shape index (κ2) is 29.6. The molecule has 0 N–H and O–H groups in total. The number of aryl methyl sites for hydroxylation is 3. The topological polar surface area (TPSA) is 175 Å². The molecule has 15 aromatic rings. The van der Waals surface area contributed by atoms with Gasteiger partial charge in [0.15, 0.2) is 0 Å². The van der Waals surface area contributed by atoms with Gasteiger partial charge in [0.1, 0.15) is 34.8 Å². The summed E-state index contributed by atoms with van der Waals surface area (Å²) in [5, 5.41) is 29.5. The van der Waals surface area contributed by atoms with E-state index in [1.165, 1.54) is 38.1 Å². The maximum atomic E-state index is 14.5. The summed E-state index contributed by atoms with van der Waals surface area (Å²) < 4.78 is 82.5. The molecule has 12 heterocycles. The molecule has 0 aliphatic carbocycles. The van der Waals surface area contributed by atoms with Crippen molar-refractivity contribution in [2.24, 2.45) is 21.1 Å². The van der Waals surface area contributed by atoms with Gasteiger partial charge in [0.25, 0.3) is 0 Å². The van der Waals surface area contributed by atoms with Gasteiger partial charge >= 0.3 is 7.12 Å². The third-order valence-electron chi connectivity index (χ3n) is 17.1. The number of nitrogens with zero attached hydrogens (tertiary/aromatic N) is 14. The van der Waals surface area contributed by atoms with Crippen LogP contribution in [-0.2, 0) is 52.9 Å². The Bertz CT molecular complexity index is 5520. The van der Waals surface area contributed by atoms with Crippen LogP contribution in [0.3, 0.4) is 0 Å². The van der Waals surface area contributed by atoms with Crippen molar-refractivity contribution in [2.45, 2.75) is 65.6 Å². The third kappa shape index (κ3) is 16.5. The number of hydrogen-bond donors (Lipinski definition) is 0. The zero-order valence-corrected chi connectivity index (χ0v) is 59.6. The van der Waals surface area contributed by atoms with Crippen LogP contribution >= 0.6 is 31.9 Å². The molecule has 18 nitrogen and oxygen atoms in total. The lowest BCUT2D eigenvalue weighted by Gasteiger charge is -2.32. The second-order valence-corrected chi connectivity index (χ2v) is 27.2. The largest absolute Gasteiger partial charge is 0.494 e. The van der Waals surface area contributed by atoms with Crippen molar-refractivity contribution in [2.75, 3.05) is 0 Å². The number of carbonyl (C=O) groups is 2. The van der Waals surface area contributed by atoms with Crippen molar-refractivity contribution in [3.05, 3.63) is 264 Å². The highest BCUT2D eigenvalue weighted by atomic mass is 79.9. The summed E-state index contributed by atoms with van der Waals surface area (Å²) in [6.07, 6.45) is 26.8. The highest BCUT2D eigenvalue weighted by Gasteiger charge is 2.52. The summed E-state index contributed by atoms with van der Waals surface area (Å²) in [5.41, 5.74) is 15.0. The van der Waals surface area contributed by atoms with E-state index in [4.69, 9.17) is 9.31 Å². The molecule has 1 fully saturated rings. The minimum Gasteiger partial charge on any atom is -0.399 e. The summed E-state index contributed by atoms with van der Waals surface area (Å²) >= 11 is 6.81. The Labute approximate surface area is 595 Å². The van der Waals surface area contributed by atoms with Crippen LogP contribution in [0.5, 0.6) is 0 Å². The Balaban J connectivity index is 0.000000126. The number of ketones is 2. The van der Waals surface area contributed by atoms with Gasteiger partial charge in [-0.15, -0.1) is 0 Å². The number of rotatable bonds is 11. The van der Waals surface area contributed by atoms with Crippen molar-refractivity contribution in [1.29, 1.82) is 0 Å². The van der Waals surface area contributed by atoms with Crippen molar-refractivity contribution >= 4 is 78.1 Å². The van der Waals surface area contributed by atoms with Gasteiger partial charge in [0, 0.05) is 156 Å². The Morgan fingerprint density at radius 2 is 0.851 bits per heavy atom. The van der Waals surface area contributed by atoms with Crippen LogP contribution in [0.1, 0.15) is 52.7 Å². The summed E-state index contributed by atoms with van der Waals surface area (Å²) in [7, 11) is 5.05. The molecule has 510 valence electrons. The molecule has 1 saturated heterocycles. The second-order valence-electron chi connectivity index (χ2n) is 25.4. The van der Waals surface area contributed by atoms with Gasteiger partial charge in [-0.05, 0) is 179 Å². The standard InChI is InChI=1S/C26H20F2N4O.C21H23BF2O3.C11H9BrN4.C11H10N4.C7H5BrN2/c1-16(33)7-17-8-19(23-5-4-22(27)11-25(23)28)10-20(9-17)24-13-30-32-15-18(3-6-26(24)32)21-12-29-31(2)14-21;1-13(25)8-14-9-15(18-7-6-17(23)12-19(18)24)11-16(10-14)22-26-20(2,3)21(4,5)27-22;1-15-6-9(4-13-15)8-2-3-11-10(12)5-14-16(11)7-8;1-14-7-10(6-13-14)9-2-3-11-4-5-12-15(11)8-9;8-6-1-2-7-3-4-9-10(7)5-6/h3-6,8-15H,7H2,1-2H3;6-7,9-12H,8H2,1-5H3;2-7H,1H3;2-8H,1H3;1-5H. The van der Waals surface area contributed by atoms with Crippen LogP contribution < -0.4 is 5.46 Å². The molecule has 0 saturated carbocycles. The first-order chi connectivity index (χ1) is 48.3. The summed E-state index contributed by atoms with van der Waals surface area (Å²) in [6, 6.07) is 38.0. The van der Waals surface area contributed by atoms with Crippen LogP contribution in [0, 0.1) is 23.3 Å². The fourth-order valence-electron chi connectivity index (χ4n) is 11.4. The lowest BCUT2D eigenvalue weighted by molar-refractivity contribution is -0.117. The van der Waals surface area contributed by atoms with Crippen molar-refractivity contribution in [1.82, 2.24) is 67.8 Å². The van der Waals surface area contributed by atoms with Gasteiger partial charge in [-0.25, -0.2) is 35.6 Å². The van der Waals surface area contributed by atoms with E-state index in [0.717, 1.165) is 98.8 Å². The van der Waals surface area contributed by atoms with Crippen LogP contribution in [0.2, 0.25) is 0 Å². The minimum atomic E-state index is -0.658. The molecule has 0 bridgehead atoms. The number of carbonyl (C=O) groups excluding carboxylic acids is 2. The molecule has 16 rings (SSSR count). The molecule has 25 heteroatoms. The highest BCUT2D eigenvalue weighted by molar-refractivity contribution is 9.11. The van der Waals surface area contributed by atoms with Gasteiger partial charge in [0.05, 0.1) is 68.7 Å². The Kier molecular flexibility index (Phi) is 20.6. The fraction of sp³-hybridized carbons (Fsp3) is 0.171. The third-order valence-corrected chi connectivity index (χ3v) is 18.2. The van der Waals surface area contributed by atoms with Crippen molar-refractivity contribution in [3.63, 3.8) is 0 Å². The first-order valence-electron chi connectivity index (χ1n) is 31.9. The molecule has 1 aliphatic rings. The van der Waals surface area contributed by atoms with Gasteiger partial charge in [-0.3, -0.25) is 23.6 Å². The zero-order chi connectivity index (χ0) is 71.4. The molecule has 101 heavy (non-hydrogen) atoms. The lowest BCUT2D eigenvalue weighted by Crippen LogP contribution is -2.41. The Morgan fingerprint density at radius 1 is 0.416 bits per heavy atom. The average Bonchev–Trinajstić information content (AvgIpc) is 1.58. The SMILES string of the molecule is Brc1ccc2ccnn2c1.CC(=O)Cc1cc(-c2ccc(F)cc2F)cc(-c2cnn3cc(-c4cnn(C)c4)ccc23)c1.CC(=O)Cc1cc(B2OC(C)(C)C(C)(C)O2)cc(-c2ccc(F)cc2F)c1.Cn1cc(-c2ccc3c(Br)cnn3c2)cn1.Cn1cc(-c2ccc3ccnn3c2)cn1. The molecular formula is C76H67BBr2F4N14O4. The number of pyridine rings is 4. The maximum absolute atomic E-state index is 14.5. The monoisotopic (exact) mass is 1480 g/mol. The van der Waals surface area contributed by atoms with Gasteiger partial charge in [0.2, 0.25) is 0 Å². The zero-order valence-electron chi connectivity index (χ0n) is 56.4. The van der Waals surface area contributed by atoms with E-state index in [-0.39, 0.29) is 35.5 Å². The summed E-state index contributed by atoms with van der Waals surface area (Å²) in [5.74, 6) is -2.59. The highest BCUT2D eigenvalue weighted by Crippen LogP contribution is 2.38. The van der Waals surface area contributed by atoms with E-state index >= 15 is 0 Å². The first kappa shape index (κ1) is 70.1. The quantitative estimate of drug-likeness (QED) is 0.0890. The maximum Gasteiger partial charge on any atom is 0.494 e. The van der Waals surface area contributed by atoms with Crippen molar-refractivity contribution < 1.29 is 36.5 Å². The molecule has 0 atom stereocenters. The molecular weight excluding hydrogens is 1420 g/mol. The predicted molar refractivity (Wildman–Crippen MR) is 390 cm³/mol. The molecule has 11 aromatic heterocycles. The van der Waals surface area contributed by atoms with Crippen LogP contribution in [0.15, 0.2) is 229 Å². The van der Waals surface area contributed by atoms with E-state index in [0.29, 0.717) is 16.6 Å². The van der Waals surface area contributed by atoms with Gasteiger partial charge in [-0.1, -0.05) is 48.5 Å². The normalized spacial score (nSPS) is 12.9. The van der Waals surface area contributed by atoms with Gasteiger partial charge in [-0.2, -0.15) is 35.7 Å². The van der Waals surface area contributed by atoms with E-state index in [2.05, 4.69) is 85.7 Å². The van der Waals surface area contributed by atoms with E-state index in [9.17, 15) is 27.2 Å². The lowest BCUT2D eigenvalue weighted by atomic mass is 9.76. The summed E-state index contributed by atoms with van der Waals surface area (Å²) in [6.45, 7) is 10.8. The van der Waals surface area contributed by atoms with E-state index in [1.54, 1.807) is 67.7 Å². The smallest absolute Gasteiger partial charge is 0.399 e. The first-order valence-corrected chi connectivity index (χ1v) is 33.5. The van der Waals surface area contributed by atoms with Crippen molar-refractivity contribution in [3.8, 4) is 66.8 Å².